The highest BCUT2D eigenvalue weighted by atomic mass is 16.2. The first-order valence-corrected chi connectivity index (χ1v) is 6.70. The third kappa shape index (κ3) is 2.74. The van der Waals surface area contributed by atoms with Gasteiger partial charge in [-0.15, -0.1) is 0 Å². The minimum atomic E-state index is 0.0470. The van der Waals surface area contributed by atoms with Crippen LogP contribution in [0.4, 0.5) is 0 Å². The van der Waals surface area contributed by atoms with Crippen LogP contribution < -0.4 is 0 Å². The molecule has 0 saturated heterocycles. The van der Waals surface area contributed by atoms with Crippen molar-refractivity contribution in [3.63, 3.8) is 0 Å². The number of amides is 1. The average Bonchev–Trinajstić information content (AvgIpc) is 2.70. The van der Waals surface area contributed by atoms with Gasteiger partial charge in [0.25, 0.3) is 5.91 Å². The Morgan fingerprint density at radius 2 is 2.00 bits per heavy atom. The van der Waals surface area contributed by atoms with Crippen LogP contribution in [0.5, 0.6) is 0 Å². The smallest absolute Gasteiger partial charge is 0.254 e. The Labute approximate surface area is 120 Å². The Balaban J connectivity index is 2.18. The van der Waals surface area contributed by atoms with E-state index in [0.29, 0.717) is 6.54 Å². The normalized spacial score (nSPS) is 10.7. The van der Waals surface area contributed by atoms with Gasteiger partial charge in [0.05, 0.1) is 6.20 Å². The lowest BCUT2D eigenvalue weighted by Crippen LogP contribution is -2.27. The van der Waals surface area contributed by atoms with E-state index in [-0.39, 0.29) is 5.91 Å². The summed E-state index contributed by atoms with van der Waals surface area (Å²) in [6.07, 6.45) is 1.82. The lowest BCUT2D eigenvalue weighted by Gasteiger charge is -2.18. The molecule has 0 fully saturated rings. The largest absolute Gasteiger partial charge is 0.337 e. The molecule has 0 N–H and O–H groups in total. The summed E-state index contributed by atoms with van der Waals surface area (Å²) in [5, 5.41) is 4.21. The topological polar surface area (TPSA) is 38.1 Å². The maximum Gasteiger partial charge on any atom is 0.254 e. The number of rotatable bonds is 3. The molecule has 1 heterocycles. The van der Waals surface area contributed by atoms with E-state index >= 15 is 0 Å². The van der Waals surface area contributed by atoms with Crippen LogP contribution >= 0.6 is 0 Å². The third-order valence-corrected chi connectivity index (χ3v) is 3.70. The molecular weight excluding hydrogens is 250 g/mol. The second-order valence-corrected chi connectivity index (χ2v) is 5.36. The van der Waals surface area contributed by atoms with E-state index < -0.39 is 0 Å². The molecular formula is C16H21N3O. The van der Waals surface area contributed by atoms with E-state index in [2.05, 4.69) is 5.10 Å². The molecule has 0 radical (unpaired) electrons. The number of carbonyl (C=O) groups is 1. The fourth-order valence-electron chi connectivity index (χ4n) is 2.29. The molecule has 0 atom stereocenters. The fourth-order valence-corrected chi connectivity index (χ4v) is 2.29. The number of aryl methyl sites for hydroxylation is 3. The maximum atomic E-state index is 12.5. The Bertz CT molecular complexity index is 643. The SMILES string of the molecule is Cc1ccc(C(=O)N(C)Cc2cnn(C)c2C)c(C)c1. The molecule has 4 nitrogen and oxygen atoms in total. The molecule has 1 aromatic carbocycles. The number of benzene rings is 1. The summed E-state index contributed by atoms with van der Waals surface area (Å²) in [6.45, 7) is 6.59. The van der Waals surface area contributed by atoms with Gasteiger partial charge in [-0.05, 0) is 32.4 Å². The zero-order valence-electron chi connectivity index (χ0n) is 12.8. The van der Waals surface area contributed by atoms with Gasteiger partial charge in [-0.25, -0.2) is 0 Å². The van der Waals surface area contributed by atoms with E-state index in [1.807, 2.05) is 63.9 Å². The van der Waals surface area contributed by atoms with Gasteiger partial charge < -0.3 is 4.90 Å². The highest BCUT2D eigenvalue weighted by Gasteiger charge is 2.16. The summed E-state index contributed by atoms with van der Waals surface area (Å²) in [7, 11) is 3.73. The Kier molecular flexibility index (Phi) is 3.93. The first-order chi connectivity index (χ1) is 9.40. The standard InChI is InChI=1S/C16H21N3O/c1-11-6-7-15(12(2)8-11)16(20)18(4)10-14-9-17-19(5)13(14)3/h6-9H,10H2,1-5H3. The van der Waals surface area contributed by atoms with Crippen molar-refractivity contribution in [2.24, 2.45) is 7.05 Å². The molecule has 20 heavy (non-hydrogen) atoms. The summed E-state index contributed by atoms with van der Waals surface area (Å²) in [5.41, 5.74) is 5.12. The maximum absolute atomic E-state index is 12.5. The van der Waals surface area contributed by atoms with E-state index in [1.54, 1.807) is 4.90 Å². The van der Waals surface area contributed by atoms with Crippen LogP contribution in [0.15, 0.2) is 24.4 Å². The molecule has 2 rings (SSSR count). The predicted molar refractivity (Wildman–Crippen MR) is 79.7 cm³/mol. The molecule has 0 aliphatic carbocycles. The van der Waals surface area contributed by atoms with E-state index in [4.69, 9.17) is 0 Å². The van der Waals surface area contributed by atoms with Gasteiger partial charge in [-0.3, -0.25) is 9.48 Å². The monoisotopic (exact) mass is 271 g/mol. The highest BCUT2D eigenvalue weighted by molar-refractivity contribution is 5.95. The second kappa shape index (κ2) is 5.49. The van der Waals surface area contributed by atoms with Crippen molar-refractivity contribution in [1.29, 1.82) is 0 Å². The van der Waals surface area contributed by atoms with E-state index in [1.165, 1.54) is 5.56 Å². The van der Waals surface area contributed by atoms with Crippen LogP contribution in [0.2, 0.25) is 0 Å². The van der Waals surface area contributed by atoms with Gasteiger partial charge in [0, 0.05) is 37.5 Å². The molecule has 106 valence electrons. The molecule has 0 unspecified atom stereocenters. The number of carbonyl (C=O) groups excluding carboxylic acids is 1. The molecule has 0 aliphatic rings. The van der Waals surface area contributed by atoms with Crippen molar-refractivity contribution in [2.75, 3.05) is 7.05 Å². The first kappa shape index (κ1) is 14.3. The predicted octanol–water partition coefficient (Wildman–Crippen LogP) is 2.62. The molecule has 1 aromatic heterocycles. The summed E-state index contributed by atoms with van der Waals surface area (Å²) >= 11 is 0. The molecule has 4 heteroatoms. The van der Waals surface area contributed by atoms with Crippen molar-refractivity contribution < 1.29 is 4.79 Å². The molecule has 0 aliphatic heterocycles. The zero-order valence-corrected chi connectivity index (χ0v) is 12.8. The van der Waals surface area contributed by atoms with Crippen LogP contribution in [0.3, 0.4) is 0 Å². The lowest BCUT2D eigenvalue weighted by molar-refractivity contribution is 0.0784. The van der Waals surface area contributed by atoms with E-state index in [0.717, 1.165) is 22.4 Å². The molecule has 0 bridgehead atoms. The average molecular weight is 271 g/mol. The zero-order chi connectivity index (χ0) is 14.9. The van der Waals surface area contributed by atoms with Gasteiger partial charge in [0.1, 0.15) is 0 Å². The number of hydrogen-bond acceptors (Lipinski definition) is 2. The minimum Gasteiger partial charge on any atom is -0.337 e. The highest BCUT2D eigenvalue weighted by Crippen LogP contribution is 2.15. The quantitative estimate of drug-likeness (QED) is 0.860. The van der Waals surface area contributed by atoms with Gasteiger partial charge in [0.2, 0.25) is 0 Å². The van der Waals surface area contributed by atoms with Crippen molar-refractivity contribution in [1.82, 2.24) is 14.7 Å². The Morgan fingerprint density at radius 3 is 2.55 bits per heavy atom. The number of hydrogen-bond donors (Lipinski definition) is 0. The van der Waals surface area contributed by atoms with Crippen molar-refractivity contribution >= 4 is 5.91 Å². The molecule has 0 spiro atoms. The second-order valence-electron chi connectivity index (χ2n) is 5.36. The van der Waals surface area contributed by atoms with Crippen molar-refractivity contribution in [2.45, 2.75) is 27.3 Å². The van der Waals surface area contributed by atoms with Crippen LogP contribution in [0.1, 0.15) is 32.7 Å². The first-order valence-electron chi connectivity index (χ1n) is 6.70. The molecule has 0 saturated carbocycles. The Hall–Kier alpha value is -2.10. The van der Waals surface area contributed by atoms with Gasteiger partial charge in [-0.2, -0.15) is 5.10 Å². The van der Waals surface area contributed by atoms with Crippen molar-refractivity contribution in [3.8, 4) is 0 Å². The van der Waals surface area contributed by atoms with Crippen LogP contribution in [0, 0.1) is 20.8 Å². The van der Waals surface area contributed by atoms with Gasteiger partial charge >= 0.3 is 0 Å². The minimum absolute atomic E-state index is 0.0470. The summed E-state index contributed by atoms with van der Waals surface area (Å²) in [6, 6.07) is 5.92. The van der Waals surface area contributed by atoms with E-state index in [9.17, 15) is 4.79 Å². The molecule has 1 amide bonds. The Morgan fingerprint density at radius 1 is 1.30 bits per heavy atom. The van der Waals surface area contributed by atoms with Crippen LogP contribution in [-0.4, -0.2) is 27.6 Å². The number of aromatic nitrogens is 2. The molecule has 2 aromatic rings. The fraction of sp³-hybridized carbons (Fsp3) is 0.375. The third-order valence-electron chi connectivity index (χ3n) is 3.70. The number of nitrogens with zero attached hydrogens (tertiary/aromatic N) is 3. The van der Waals surface area contributed by atoms with Gasteiger partial charge in [0.15, 0.2) is 0 Å². The lowest BCUT2D eigenvalue weighted by atomic mass is 10.0. The summed E-state index contributed by atoms with van der Waals surface area (Å²) in [5.74, 6) is 0.0470. The van der Waals surface area contributed by atoms with Gasteiger partial charge in [-0.1, -0.05) is 17.7 Å². The van der Waals surface area contributed by atoms with Crippen LogP contribution in [0.25, 0.3) is 0 Å². The van der Waals surface area contributed by atoms with Crippen LogP contribution in [-0.2, 0) is 13.6 Å². The van der Waals surface area contributed by atoms with Crippen molar-refractivity contribution in [3.05, 3.63) is 52.3 Å². The summed E-state index contributed by atoms with van der Waals surface area (Å²) in [4.78, 5) is 14.2. The summed E-state index contributed by atoms with van der Waals surface area (Å²) < 4.78 is 1.82.